The lowest BCUT2D eigenvalue weighted by atomic mass is 10.1. The number of aliphatic hydroxyl groups excluding tert-OH is 1. The maximum Gasteiger partial charge on any atom is 0.252 e. The zero-order chi connectivity index (χ0) is 12.4. The smallest absolute Gasteiger partial charge is 0.252 e. The van der Waals surface area contributed by atoms with Crippen LogP contribution in [0, 0.1) is 0 Å². The van der Waals surface area contributed by atoms with E-state index in [9.17, 15) is 9.90 Å². The molecule has 1 aliphatic rings. The topological polar surface area (TPSA) is 78.0 Å². The van der Waals surface area contributed by atoms with Gasteiger partial charge in [0.25, 0.3) is 5.56 Å². The minimum absolute atomic E-state index is 0.0938. The minimum atomic E-state index is -0.359. The number of nitrogens with one attached hydrogen (secondary N) is 2. The van der Waals surface area contributed by atoms with Gasteiger partial charge in [0.2, 0.25) is 0 Å². The van der Waals surface area contributed by atoms with Gasteiger partial charge in [0, 0.05) is 18.0 Å². The molecule has 0 amide bonds. The fraction of sp³-hybridized carbons (Fsp3) is 0.667. The Kier molecular flexibility index (Phi) is 3.47. The zero-order valence-electron chi connectivity index (χ0n) is 10.2. The van der Waals surface area contributed by atoms with Crippen LogP contribution in [0.1, 0.15) is 44.9 Å². The van der Waals surface area contributed by atoms with Gasteiger partial charge in [0.05, 0.1) is 6.10 Å². The fourth-order valence-corrected chi connectivity index (χ4v) is 1.92. The lowest BCUT2D eigenvalue weighted by molar-refractivity contribution is 0.179. The quantitative estimate of drug-likeness (QED) is 0.719. The van der Waals surface area contributed by atoms with Gasteiger partial charge in [-0.25, -0.2) is 4.98 Å². The Bertz CT molecular complexity index is 438. The Morgan fingerprint density at radius 1 is 1.59 bits per heavy atom. The standard InChI is InChI=1S/C12H19N3O2/c1-7(5-8(2)16)13-10-6-11(17)15-12(14-10)9-3-4-9/h6-9,16H,3-5H2,1-2H3,(H2,13,14,15,17). The van der Waals surface area contributed by atoms with Gasteiger partial charge in [-0.1, -0.05) is 0 Å². The Hall–Kier alpha value is -1.36. The normalized spacial score (nSPS) is 18.8. The van der Waals surface area contributed by atoms with Crippen molar-refractivity contribution in [1.82, 2.24) is 9.97 Å². The predicted molar refractivity (Wildman–Crippen MR) is 66.2 cm³/mol. The minimum Gasteiger partial charge on any atom is -0.393 e. The van der Waals surface area contributed by atoms with Gasteiger partial charge in [-0.15, -0.1) is 0 Å². The lowest BCUT2D eigenvalue weighted by Gasteiger charge is -2.16. The molecule has 0 spiro atoms. The number of anilines is 1. The Labute approximate surface area is 100 Å². The molecule has 1 aromatic heterocycles. The third-order valence-corrected chi connectivity index (χ3v) is 2.81. The van der Waals surface area contributed by atoms with Crippen LogP contribution in [0.15, 0.2) is 10.9 Å². The molecule has 1 fully saturated rings. The second-order valence-electron chi connectivity index (χ2n) is 4.92. The summed E-state index contributed by atoms with van der Waals surface area (Å²) in [6, 6.07) is 1.56. The van der Waals surface area contributed by atoms with Crippen LogP contribution in [0.3, 0.4) is 0 Å². The number of nitrogens with zero attached hydrogens (tertiary/aromatic N) is 1. The van der Waals surface area contributed by atoms with E-state index in [0.29, 0.717) is 18.2 Å². The SMILES string of the molecule is CC(O)CC(C)Nc1cc(=O)[nH]c(C2CC2)n1. The predicted octanol–water partition coefficient (Wildman–Crippen LogP) is 1.22. The first-order valence-corrected chi connectivity index (χ1v) is 6.10. The molecule has 3 N–H and O–H groups in total. The van der Waals surface area contributed by atoms with Crippen molar-refractivity contribution in [1.29, 1.82) is 0 Å². The van der Waals surface area contributed by atoms with Crippen molar-refractivity contribution in [3.05, 3.63) is 22.2 Å². The van der Waals surface area contributed by atoms with Crippen molar-refractivity contribution >= 4 is 5.82 Å². The van der Waals surface area contributed by atoms with E-state index in [-0.39, 0.29) is 17.7 Å². The second kappa shape index (κ2) is 4.87. The van der Waals surface area contributed by atoms with Crippen molar-refractivity contribution in [2.45, 2.75) is 51.2 Å². The Balaban J connectivity index is 2.07. The van der Waals surface area contributed by atoms with Crippen molar-refractivity contribution in [2.75, 3.05) is 5.32 Å². The number of H-pyrrole nitrogens is 1. The maximum atomic E-state index is 11.5. The molecule has 17 heavy (non-hydrogen) atoms. The third-order valence-electron chi connectivity index (χ3n) is 2.81. The lowest BCUT2D eigenvalue weighted by Crippen LogP contribution is -2.23. The highest BCUT2D eigenvalue weighted by molar-refractivity contribution is 5.35. The van der Waals surface area contributed by atoms with Gasteiger partial charge in [-0.2, -0.15) is 0 Å². The van der Waals surface area contributed by atoms with E-state index in [1.165, 1.54) is 6.07 Å². The average molecular weight is 237 g/mol. The van der Waals surface area contributed by atoms with Crippen LogP contribution >= 0.6 is 0 Å². The van der Waals surface area contributed by atoms with Crippen LogP contribution < -0.4 is 10.9 Å². The maximum absolute atomic E-state index is 11.5. The van der Waals surface area contributed by atoms with E-state index >= 15 is 0 Å². The number of aromatic amines is 1. The second-order valence-corrected chi connectivity index (χ2v) is 4.92. The van der Waals surface area contributed by atoms with Gasteiger partial charge in [-0.3, -0.25) is 4.79 Å². The Morgan fingerprint density at radius 2 is 2.29 bits per heavy atom. The molecular weight excluding hydrogens is 218 g/mol. The first-order valence-electron chi connectivity index (χ1n) is 6.10. The molecule has 1 saturated carbocycles. The van der Waals surface area contributed by atoms with E-state index < -0.39 is 0 Å². The van der Waals surface area contributed by atoms with Crippen LogP contribution in [0.4, 0.5) is 5.82 Å². The summed E-state index contributed by atoms with van der Waals surface area (Å²) in [6.07, 6.45) is 2.49. The number of aliphatic hydroxyl groups is 1. The van der Waals surface area contributed by atoms with Crippen LogP contribution in [-0.4, -0.2) is 27.2 Å². The van der Waals surface area contributed by atoms with Crippen LogP contribution in [0.2, 0.25) is 0 Å². The van der Waals surface area contributed by atoms with Gasteiger partial charge < -0.3 is 15.4 Å². The van der Waals surface area contributed by atoms with E-state index in [1.54, 1.807) is 6.92 Å². The molecule has 2 atom stereocenters. The number of rotatable bonds is 5. The molecule has 5 nitrogen and oxygen atoms in total. The van der Waals surface area contributed by atoms with Gasteiger partial charge in [0.15, 0.2) is 0 Å². The van der Waals surface area contributed by atoms with Crippen molar-refractivity contribution < 1.29 is 5.11 Å². The molecule has 5 heteroatoms. The zero-order valence-corrected chi connectivity index (χ0v) is 10.2. The van der Waals surface area contributed by atoms with E-state index in [4.69, 9.17) is 0 Å². The summed E-state index contributed by atoms with van der Waals surface area (Å²) < 4.78 is 0. The largest absolute Gasteiger partial charge is 0.393 e. The molecule has 1 aromatic rings. The number of aromatic nitrogens is 2. The number of hydrogen-bond donors (Lipinski definition) is 3. The summed E-state index contributed by atoms with van der Waals surface area (Å²) in [4.78, 5) is 18.6. The van der Waals surface area contributed by atoms with Gasteiger partial charge in [-0.05, 0) is 33.1 Å². The highest BCUT2D eigenvalue weighted by Crippen LogP contribution is 2.37. The summed E-state index contributed by atoms with van der Waals surface area (Å²) in [5.74, 6) is 1.81. The molecule has 2 rings (SSSR count). The first-order chi connectivity index (χ1) is 8.04. The summed E-state index contributed by atoms with van der Waals surface area (Å²) in [5.41, 5.74) is -0.117. The van der Waals surface area contributed by atoms with Gasteiger partial charge >= 0.3 is 0 Å². The molecule has 0 saturated heterocycles. The molecular formula is C12H19N3O2. The van der Waals surface area contributed by atoms with Gasteiger partial charge in [0.1, 0.15) is 11.6 Å². The van der Waals surface area contributed by atoms with Crippen molar-refractivity contribution in [3.63, 3.8) is 0 Å². The monoisotopic (exact) mass is 237 g/mol. The van der Waals surface area contributed by atoms with E-state index in [1.807, 2.05) is 6.92 Å². The highest BCUT2D eigenvalue weighted by Gasteiger charge is 2.26. The van der Waals surface area contributed by atoms with Crippen molar-refractivity contribution in [3.8, 4) is 0 Å². The molecule has 1 aliphatic carbocycles. The molecule has 1 heterocycles. The Morgan fingerprint density at radius 3 is 2.88 bits per heavy atom. The highest BCUT2D eigenvalue weighted by atomic mass is 16.3. The summed E-state index contributed by atoms with van der Waals surface area (Å²) >= 11 is 0. The molecule has 0 aliphatic heterocycles. The fourth-order valence-electron chi connectivity index (χ4n) is 1.92. The molecule has 0 bridgehead atoms. The van der Waals surface area contributed by atoms with E-state index in [2.05, 4.69) is 15.3 Å². The summed E-state index contributed by atoms with van der Waals surface area (Å²) in [6.45, 7) is 3.71. The van der Waals surface area contributed by atoms with Crippen LogP contribution in [0.25, 0.3) is 0 Å². The first kappa shape index (κ1) is 12.1. The molecule has 94 valence electrons. The third kappa shape index (κ3) is 3.56. The summed E-state index contributed by atoms with van der Waals surface area (Å²) in [5, 5.41) is 12.4. The van der Waals surface area contributed by atoms with Crippen LogP contribution in [0.5, 0.6) is 0 Å². The van der Waals surface area contributed by atoms with Crippen LogP contribution in [-0.2, 0) is 0 Å². The van der Waals surface area contributed by atoms with E-state index in [0.717, 1.165) is 18.7 Å². The van der Waals surface area contributed by atoms with Crippen molar-refractivity contribution in [2.24, 2.45) is 0 Å². The number of hydrogen-bond acceptors (Lipinski definition) is 4. The average Bonchev–Trinajstić information content (AvgIpc) is 2.97. The molecule has 0 aromatic carbocycles. The summed E-state index contributed by atoms with van der Waals surface area (Å²) in [7, 11) is 0. The molecule has 0 radical (unpaired) electrons. The molecule has 2 unspecified atom stereocenters.